The Bertz CT molecular complexity index is 958. The Kier molecular flexibility index (Phi) is 6.33. The second-order valence-electron chi connectivity index (χ2n) is 5.62. The third kappa shape index (κ3) is 4.52. The van der Waals surface area contributed by atoms with Crippen LogP contribution in [0.25, 0.3) is 0 Å². The van der Waals surface area contributed by atoms with Gasteiger partial charge in [-0.15, -0.1) is 11.3 Å². The zero-order valence-electron chi connectivity index (χ0n) is 15.8. The number of hydrogen-bond donors (Lipinski definition) is 2. The lowest BCUT2D eigenvalue weighted by molar-refractivity contribution is 0.102. The molecule has 0 bridgehead atoms. The van der Waals surface area contributed by atoms with Crippen LogP contribution in [-0.2, 0) is 0 Å². The zero-order chi connectivity index (χ0) is 19.9. The Hall–Kier alpha value is -3.26. The van der Waals surface area contributed by atoms with E-state index in [2.05, 4.69) is 15.6 Å². The molecule has 2 aromatic carbocycles. The van der Waals surface area contributed by atoms with Crippen LogP contribution in [-0.4, -0.2) is 31.7 Å². The molecule has 0 aliphatic rings. The van der Waals surface area contributed by atoms with Gasteiger partial charge in [0.2, 0.25) is 0 Å². The predicted molar refractivity (Wildman–Crippen MR) is 111 cm³/mol. The molecule has 0 fully saturated rings. The number of methoxy groups -OCH3 is 2. The maximum Gasteiger partial charge on any atom is 0.275 e. The summed E-state index contributed by atoms with van der Waals surface area (Å²) < 4.78 is 16.1. The zero-order valence-corrected chi connectivity index (χ0v) is 16.6. The number of benzene rings is 2. The van der Waals surface area contributed by atoms with E-state index in [0.29, 0.717) is 40.4 Å². The number of carbonyl (C=O) groups is 1. The van der Waals surface area contributed by atoms with Crippen LogP contribution in [0, 0.1) is 0 Å². The molecule has 8 heteroatoms. The number of aromatic nitrogens is 1. The fourth-order valence-corrected chi connectivity index (χ4v) is 3.22. The summed E-state index contributed by atoms with van der Waals surface area (Å²) in [6.45, 7) is 2.41. The minimum absolute atomic E-state index is 0.302. The molecule has 1 heterocycles. The summed E-state index contributed by atoms with van der Waals surface area (Å²) in [5.41, 5.74) is 1.71. The molecule has 2 N–H and O–H groups in total. The highest BCUT2D eigenvalue weighted by Crippen LogP contribution is 2.32. The Labute approximate surface area is 167 Å². The number of nitrogens with one attached hydrogen (secondary N) is 2. The standard InChI is InChI=1S/C20H21N3O4S/c1-4-27-16-8-6-5-7-14(16)22-19(24)15-12-28-20(23-15)21-13-9-10-17(25-2)18(11-13)26-3/h5-12H,4H2,1-3H3,(H,21,23)(H,22,24). The Morgan fingerprint density at radius 3 is 2.61 bits per heavy atom. The summed E-state index contributed by atoms with van der Waals surface area (Å²) in [6, 6.07) is 12.7. The molecular weight excluding hydrogens is 378 g/mol. The molecule has 0 aliphatic heterocycles. The van der Waals surface area contributed by atoms with Crippen molar-refractivity contribution in [1.29, 1.82) is 0 Å². The van der Waals surface area contributed by atoms with E-state index in [0.717, 1.165) is 5.69 Å². The number of rotatable bonds is 8. The Morgan fingerprint density at radius 1 is 1.07 bits per heavy atom. The van der Waals surface area contributed by atoms with E-state index in [-0.39, 0.29) is 5.91 Å². The second-order valence-corrected chi connectivity index (χ2v) is 6.47. The first-order valence-corrected chi connectivity index (χ1v) is 9.50. The van der Waals surface area contributed by atoms with Crippen molar-refractivity contribution in [1.82, 2.24) is 4.98 Å². The van der Waals surface area contributed by atoms with Crippen molar-refractivity contribution < 1.29 is 19.0 Å². The minimum Gasteiger partial charge on any atom is -0.493 e. The van der Waals surface area contributed by atoms with Crippen LogP contribution < -0.4 is 24.8 Å². The molecule has 3 aromatic rings. The molecule has 0 aliphatic carbocycles. The van der Waals surface area contributed by atoms with Crippen molar-refractivity contribution in [2.75, 3.05) is 31.5 Å². The van der Waals surface area contributed by atoms with Crippen molar-refractivity contribution in [3.8, 4) is 17.2 Å². The maximum atomic E-state index is 12.5. The summed E-state index contributed by atoms with van der Waals surface area (Å²) in [5.74, 6) is 1.57. The van der Waals surface area contributed by atoms with Gasteiger partial charge in [0.1, 0.15) is 11.4 Å². The van der Waals surface area contributed by atoms with Gasteiger partial charge in [-0.25, -0.2) is 4.98 Å². The van der Waals surface area contributed by atoms with Gasteiger partial charge in [-0.1, -0.05) is 12.1 Å². The lowest BCUT2D eigenvalue weighted by atomic mass is 10.3. The highest BCUT2D eigenvalue weighted by atomic mass is 32.1. The molecule has 3 rings (SSSR count). The number of nitrogens with zero attached hydrogens (tertiary/aromatic N) is 1. The van der Waals surface area contributed by atoms with Crippen LogP contribution in [0.2, 0.25) is 0 Å². The summed E-state index contributed by atoms with van der Waals surface area (Å²) in [7, 11) is 3.16. The SMILES string of the molecule is CCOc1ccccc1NC(=O)c1csc(Nc2ccc(OC)c(OC)c2)n1. The maximum absolute atomic E-state index is 12.5. The summed E-state index contributed by atoms with van der Waals surface area (Å²) in [6.07, 6.45) is 0. The molecule has 0 saturated heterocycles. The number of ether oxygens (including phenoxy) is 3. The van der Waals surface area contributed by atoms with E-state index >= 15 is 0 Å². The lowest BCUT2D eigenvalue weighted by Crippen LogP contribution is -2.13. The normalized spacial score (nSPS) is 10.2. The van der Waals surface area contributed by atoms with Crippen molar-refractivity contribution in [3.05, 3.63) is 53.5 Å². The van der Waals surface area contributed by atoms with Crippen molar-refractivity contribution in [2.45, 2.75) is 6.92 Å². The largest absolute Gasteiger partial charge is 0.493 e. The van der Waals surface area contributed by atoms with Crippen LogP contribution in [0.5, 0.6) is 17.2 Å². The van der Waals surface area contributed by atoms with Gasteiger partial charge in [-0.3, -0.25) is 4.79 Å². The first-order chi connectivity index (χ1) is 13.6. The first kappa shape index (κ1) is 19.5. The van der Waals surface area contributed by atoms with E-state index in [9.17, 15) is 4.79 Å². The van der Waals surface area contributed by atoms with Crippen LogP contribution in [0.3, 0.4) is 0 Å². The van der Waals surface area contributed by atoms with E-state index in [1.807, 2.05) is 31.2 Å². The van der Waals surface area contributed by atoms with Crippen molar-refractivity contribution >= 4 is 33.8 Å². The average Bonchev–Trinajstić information content (AvgIpc) is 3.18. The first-order valence-electron chi connectivity index (χ1n) is 8.62. The van der Waals surface area contributed by atoms with Crippen LogP contribution in [0.4, 0.5) is 16.5 Å². The number of carbonyl (C=O) groups excluding carboxylic acids is 1. The third-order valence-electron chi connectivity index (χ3n) is 3.81. The van der Waals surface area contributed by atoms with Gasteiger partial charge in [0.15, 0.2) is 16.6 Å². The summed E-state index contributed by atoms with van der Waals surface area (Å²) in [5, 5.41) is 8.30. The molecule has 146 valence electrons. The fourth-order valence-electron chi connectivity index (χ4n) is 2.51. The Morgan fingerprint density at radius 2 is 1.86 bits per heavy atom. The van der Waals surface area contributed by atoms with Gasteiger partial charge in [0.05, 0.1) is 26.5 Å². The van der Waals surface area contributed by atoms with Gasteiger partial charge in [0.25, 0.3) is 5.91 Å². The van der Waals surface area contributed by atoms with Gasteiger partial charge in [-0.2, -0.15) is 0 Å². The molecule has 0 saturated carbocycles. The molecule has 0 unspecified atom stereocenters. The summed E-state index contributed by atoms with van der Waals surface area (Å²) in [4.78, 5) is 16.9. The number of amides is 1. The van der Waals surface area contributed by atoms with Gasteiger partial charge in [-0.05, 0) is 31.2 Å². The van der Waals surface area contributed by atoms with Crippen molar-refractivity contribution in [2.24, 2.45) is 0 Å². The number of hydrogen-bond acceptors (Lipinski definition) is 7. The minimum atomic E-state index is -0.302. The van der Waals surface area contributed by atoms with Gasteiger partial charge >= 0.3 is 0 Å². The van der Waals surface area contributed by atoms with Crippen molar-refractivity contribution in [3.63, 3.8) is 0 Å². The number of thiazole rings is 1. The molecule has 7 nitrogen and oxygen atoms in total. The topological polar surface area (TPSA) is 81.7 Å². The second kappa shape index (κ2) is 9.09. The van der Waals surface area contributed by atoms with E-state index in [4.69, 9.17) is 14.2 Å². The van der Waals surface area contributed by atoms with Crippen LogP contribution in [0.15, 0.2) is 47.8 Å². The smallest absolute Gasteiger partial charge is 0.275 e. The molecule has 1 aromatic heterocycles. The van der Waals surface area contributed by atoms with Gasteiger partial charge in [0, 0.05) is 17.1 Å². The predicted octanol–water partition coefficient (Wildman–Crippen LogP) is 4.55. The van der Waals surface area contributed by atoms with E-state index in [1.54, 1.807) is 37.8 Å². The molecule has 28 heavy (non-hydrogen) atoms. The monoisotopic (exact) mass is 399 g/mol. The van der Waals surface area contributed by atoms with E-state index < -0.39 is 0 Å². The average molecular weight is 399 g/mol. The van der Waals surface area contributed by atoms with Crippen LogP contribution in [0.1, 0.15) is 17.4 Å². The molecule has 0 radical (unpaired) electrons. The highest BCUT2D eigenvalue weighted by Gasteiger charge is 2.14. The highest BCUT2D eigenvalue weighted by molar-refractivity contribution is 7.14. The number of anilines is 3. The van der Waals surface area contributed by atoms with E-state index in [1.165, 1.54) is 11.3 Å². The lowest BCUT2D eigenvalue weighted by Gasteiger charge is -2.10. The molecule has 1 amide bonds. The molecule has 0 spiro atoms. The third-order valence-corrected chi connectivity index (χ3v) is 4.56. The Balaban J connectivity index is 1.71. The fraction of sp³-hybridized carbons (Fsp3) is 0.200. The number of para-hydroxylation sites is 2. The van der Waals surface area contributed by atoms with Crippen LogP contribution >= 0.6 is 11.3 Å². The molecular formula is C20H21N3O4S. The summed E-state index contributed by atoms with van der Waals surface area (Å²) >= 11 is 1.33. The van der Waals surface area contributed by atoms with Gasteiger partial charge < -0.3 is 24.8 Å². The quantitative estimate of drug-likeness (QED) is 0.578. The molecule has 0 atom stereocenters.